The summed E-state index contributed by atoms with van der Waals surface area (Å²) in [5.74, 6) is 0. The molecule has 1 rings (SSSR count). The molecule has 1 aromatic rings. The maximum Gasteiger partial charge on any atom is 0.0703 e. The van der Waals surface area contributed by atoms with Gasteiger partial charge in [0.2, 0.25) is 0 Å². The van der Waals surface area contributed by atoms with Crippen molar-refractivity contribution in [1.29, 1.82) is 0 Å². The van der Waals surface area contributed by atoms with Gasteiger partial charge in [-0.15, -0.1) is 0 Å². The Bertz CT molecular complexity index is 314. The minimum absolute atomic E-state index is 0.264. The second-order valence-electron chi connectivity index (χ2n) is 4.91. The van der Waals surface area contributed by atoms with Crippen LogP contribution in [0.2, 0.25) is 0 Å². The zero-order chi connectivity index (χ0) is 13.9. The van der Waals surface area contributed by atoms with E-state index in [-0.39, 0.29) is 12.1 Å². The van der Waals surface area contributed by atoms with Crippen LogP contribution in [0.25, 0.3) is 0 Å². The molecule has 0 radical (unpaired) electrons. The lowest BCUT2D eigenvalue weighted by molar-refractivity contribution is 0.0137. The van der Waals surface area contributed by atoms with E-state index in [1.165, 1.54) is 5.56 Å². The number of nitrogens with one attached hydrogen (secondary N) is 1. The van der Waals surface area contributed by atoms with Crippen LogP contribution in [0.1, 0.15) is 38.8 Å². The minimum Gasteiger partial charge on any atom is -0.377 e. The molecule has 0 aliphatic heterocycles. The number of ether oxygens (including phenoxy) is 2. The van der Waals surface area contributed by atoms with Gasteiger partial charge in [0.25, 0.3) is 0 Å². The van der Waals surface area contributed by atoms with Crippen LogP contribution in [0, 0.1) is 0 Å². The number of benzene rings is 1. The first-order valence-corrected chi connectivity index (χ1v) is 7.21. The zero-order valence-corrected chi connectivity index (χ0v) is 12.4. The van der Waals surface area contributed by atoms with Gasteiger partial charge in [-0.05, 0) is 32.4 Å². The summed E-state index contributed by atoms with van der Waals surface area (Å²) in [6, 6.07) is 10.7. The Morgan fingerprint density at radius 1 is 1.11 bits per heavy atom. The van der Waals surface area contributed by atoms with Crippen molar-refractivity contribution in [3.05, 3.63) is 35.9 Å². The molecule has 108 valence electrons. The Morgan fingerprint density at radius 2 is 1.84 bits per heavy atom. The predicted molar refractivity (Wildman–Crippen MR) is 79.4 cm³/mol. The molecule has 1 N–H and O–H groups in total. The van der Waals surface area contributed by atoms with Crippen molar-refractivity contribution in [3.63, 3.8) is 0 Å². The molecule has 0 bridgehead atoms. The smallest absolute Gasteiger partial charge is 0.0703 e. The van der Waals surface area contributed by atoms with Gasteiger partial charge in [-0.3, -0.25) is 0 Å². The van der Waals surface area contributed by atoms with Crippen LogP contribution in [-0.2, 0) is 9.47 Å². The van der Waals surface area contributed by atoms with Crippen LogP contribution in [0.5, 0.6) is 0 Å². The maximum absolute atomic E-state index is 5.71. The molecule has 0 fully saturated rings. The van der Waals surface area contributed by atoms with Crippen molar-refractivity contribution in [1.82, 2.24) is 5.32 Å². The summed E-state index contributed by atoms with van der Waals surface area (Å²) >= 11 is 0. The second-order valence-corrected chi connectivity index (χ2v) is 4.91. The van der Waals surface area contributed by atoms with Gasteiger partial charge in [-0.2, -0.15) is 0 Å². The maximum atomic E-state index is 5.71. The molecule has 1 atom stereocenters. The number of hydrogen-bond acceptors (Lipinski definition) is 3. The van der Waals surface area contributed by atoms with E-state index in [0.29, 0.717) is 19.8 Å². The molecule has 3 heteroatoms. The van der Waals surface area contributed by atoms with Crippen LogP contribution in [-0.4, -0.2) is 32.5 Å². The first-order chi connectivity index (χ1) is 9.24. The molecular formula is C16H27NO2. The third-order valence-corrected chi connectivity index (χ3v) is 2.81. The van der Waals surface area contributed by atoms with Gasteiger partial charge < -0.3 is 14.8 Å². The lowest BCUT2D eigenvalue weighted by Gasteiger charge is -2.19. The number of hydrogen-bond donors (Lipinski definition) is 1. The summed E-state index contributed by atoms with van der Waals surface area (Å²) in [6.45, 7) is 9.25. The number of rotatable bonds is 10. The van der Waals surface area contributed by atoms with E-state index >= 15 is 0 Å². The third-order valence-electron chi connectivity index (χ3n) is 2.81. The van der Waals surface area contributed by atoms with Crippen LogP contribution in [0.4, 0.5) is 0 Å². The highest BCUT2D eigenvalue weighted by Crippen LogP contribution is 2.12. The molecule has 0 aliphatic carbocycles. The van der Waals surface area contributed by atoms with Gasteiger partial charge in [-0.1, -0.05) is 37.3 Å². The van der Waals surface area contributed by atoms with Crippen molar-refractivity contribution in [2.24, 2.45) is 0 Å². The summed E-state index contributed by atoms with van der Waals surface area (Å²) in [5.41, 5.74) is 1.28. The molecule has 0 amide bonds. The van der Waals surface area contributed by atoms with E-state index in [2.05, 4.69) is 36.5 Å². The molecule has 1 aromatic carbocycles. The summed E-state index contributed by atoms with van der Waals surface area (Å²) < 4.78 is 11.2. The molecule has 0 saturated carbocycles. The second kappa shape index (κ2) is 9.96. The molecule has 0 spiro atoms. The van der Waals surface area contributed by atoms with E-state index in [1.54, 1.807) is 0 Å². The molecule has 0 saturated heterocycles. The van der Waals surface area contributed by atoms with Crippen molar-refractivity contribution < 1.29 is 9.47 Å². The van der Waals surface area contributed by atoms with Gasteiger partial charge in [0, 0.05) is 0 Å². The highest BCUT2D eigenvalue weighted by Gasteiger charge is 2.10. The van der Waals surface area contributed by atoms with Crippen molar-refractivity contribution in [3.8, 4) is 0 Å². The van der Waals surface area contributed by atoms with E-state index in [1.807, 2.05) is 19.9 Å². The van der Waals surface area contributed by atoms with E-state index in [0.717, 1.165) is 13.0 Å². The summed E-state index contributed by atoms with van der Waals surface area (Å²) in [7, 11) is 0. The predicted octanol–water partition coefficient (Wildman–Crippen LogP) is 3.17. The van der Waals surface area contributed by atoms with Gasteiger partial charge in [0.15, 0.2) is 0 Å². The van der Waals surface area contributed by atoms with E-state index < -0.39 is 0 Å². The zero-order valence-electron chi connectivity index (χ0n) is 12.4. The minimum atomic E-state index is 0.264. The Labute approximate surface area is 117 Å². The largest absolute Gasteiger partial charge is 0.377 e. The van der Waals surface area contributed by atoms with Crippen molar-refractivity contribution in [2.45, 2.75) is 39.3 Å². The summed E-state index contributed by atoms with van der Waals surface area (Å²) in [4.78, 5) is 0. The quantitative estimate of drug-likeness (QED) is 0.659. The molecule has 1 unspecified atom stereocenters. The Balaban J connectivity index is 2.34. The van der Waals surface area contributed by atoms with Crippen LogP contribution in [0.3, 0.4) is 0 Å². The fourth-order valence-electron chi connectivity index (χ4n) is 1.82. The van der Waals surface area contributed by atoms with Crippen molar-refractivity contribution >= 4 is 0 Å². The van der Waals surface area contributed by atoms with Gasteiger partial charge >= 0.3 is 0 Å². The average Bonchev–Trinajstić information content (AvgIpc) is 2.42. The molecule has 0 heterocycles. The Kier molecular flexibility index (Phi) is 8.47. The van der Waals surface area contributed by atoms with Crippen LogP contribution in [0.15, 0.2) is 30.3 Å². The highest BCUT2D eigenvalue weighted by atomic mass is 16.5. The fourth-order valence-corrected chi connectivity index (χ4v) is 1.82. The monoisotopic (exact) mass is 265 g/mol. The standard InChI is InChI=1S/C16H27NO2/c1-4-10-17-16(15-8-6-5-7-9-15)13-18-11-12-19-14(2)3/h5-9,14,16-17H,4,10-13H2,1-3H3. The van der Waals surface area contributed by atoms with Crippen molar-refractivity contribution in [2.75, 3.05) is 26.4 Å². The van der Waals surface area contributed by atoms with Gasteiger partial charge in [0.1, 0.15) is 0 Å². The fraction of sp³-hybridized carbons (Fsp3) is 0.625. The van der Waals surface area contributed by atoms with Gasteiger partial charge in [0.05, 0.1) is 32.0 Å². The van der Waals surface area contributed by atoms with Crippen LogP contribution < -0.4 is 5.32 Å². The Morgan fingerprint density at radius 3 is 2.47 bits per heavy atom. The topological polar surface area (TPSA) is 30.5 Å². The highest BCUT2D eigenvalue weighted by molar-refractivity contribution is 5.18. The van der Waals surface area contributed by atoms with E-state index in [4.69, 9.17) is 9.47 Å². The first kappa shape index (κ1) is 16.2. The average molecular weight is 265 g/mol. The molecule has 19 heavy (non-hydrogen) atoms. The van der Waals surface area contributed by atoms with E-state index in [9.17, 15) is 0 Å². The molecular weight excluding hydrogens is 238 g/mol. The molecule has 0 aliphatic rings. The Hall–Kier alpha value is -0.900. The normalized spacial score (nSPS) is 12.8. The SMILES string of the molecule is CCCNC(COCCOC(C)C)c1ccccc1. The lowest BCUT2D eigenvalue weighted by Crippen LogP contribution is -2.27. The lowest BCUT2D eigenvalue weighted by atomic mass is 10.1. The summed E-state index contributed by atoms with van der Waals surface area (Å²) in [6.07, 6.45) is 1.39. The first-order valence-electron chi connectivity index (χ1n) is 7.21. The molecule has 3 nitrogen and oxygen atoms in total. The third kappa shape index (κ3) is 7.31. The van der Waals surface area contributed by atoms with Gasteiger partial charge in [-0.25, -0.2) is 0 Å². The summed E-state index contributed by atoms with van der Waals surface area (Å²) in [5, 5.41) is 3.52. The van der Waals surface area contributed by atoms with Crippen LogP contribution >= 0.6 is 0 Å². The molecule has 0 aromatic heterocycles.